The highest BCUT2D eigenvalue weighted by Gasteiger charge is 2.19. The predicted molar refractivity (Wildman–Crippen MR) is 88.0 cm³/mol. The molecule has 0 bridgehead atoms. The average Bonchev–Trinajstić information content (AvgIpc) is 2.84. The Labute approximate surface area is 131 Å². The van der Waals surface area contributed by atoms with Crippen molar-refractivity contribution in [3.63, 3.8) is 0 Å². The molecule has 1 N–H and O–H groups in total. The maximum Gasteiger partial charge on any atom is 0.246 e. The second kappa shape index (κ2) is 5.95. The Morgan fingerprint density at radius 2 is 2.09 bits per heavy atom. The molecule has 0 saturated carbocycles. The summed E-state index contributed by atoms with van der Waals surface area (Å²) < 4.78 is 1.78. The van der Waals surface area contributed by atoms with E-state index in [1.165, 1.54) is 12.0 Å². The number of aromatic nitrogens is 2. The van der Waals surface area contributed by atoms with E-state index in [0.717, 1.165) is 35.3 Å². The van der Waals surface area contributed by atoms with Gasteiger partial charge in [0.1, 0.15) is 6.54 Å². The molecule has 0 aliphatic heterocycles. The highest BCUT2D eigenvalue weighted by atomic mass is 16.2. The van der Waals surface area contributed by atoms with Gasteiger partial charge in [-0.2, -0.15) is 5.10 Å². The third kappa shape index (κ3) is 3.06. The normalized spacial score (nSPS) is 17.1. The second-order valence-electron chi connectivity index (χ2n) is 6.46. The molecular weight excluding hydrogens is 274 g/mol. The number of rotatable bonds is 3. The molecule has 1 aromatic heterocycles. The van der Waals surface area contributed by atoms with Gasteiger partial charge in [-0.25, -0.2) is 0 Å². The van der Waals surface area contributed by atoms with Crippen molar-refractivity contribution in [2.45, 2.75) is 46.6 Å². The van der Waals surface area contributed by atoms with Crippen LogP contribution in [0.2, 0.25) is 0 Å². The largest absolute Gasteiger partial charge is 0.324 e. The van der Waals surface area contributed by atoms with Crippen molar-refractivity contribution in [2.24, 2.45) is 5.92 Å². The van der Waals surface area contributed by atoms with E-state index >= 15 is 0 Å². The van der Waals surface area contributed by atoms with Crippen LogP contribution < -0.4 is 5.32 Å². The summed E-state index contributed by atoms with van der Waals surface area (Å²) in [5, 5.41) is 7.58. The Hall–Kier alpha value is -2.10. The zero-order valence-electron chi connectivity index (χ0n) is 13.5. The lowest BCUT2D eigenvalue weighted by Crippen LogP contribution is -2.20. The average molecular weight is 297 g/mol. The molecule has 1 heterocycles. The van der Waals surface area contributed by atoms with Gasteiger partial charge in [0.2, 0.25) is 5.91 Å². The number of hydrogen-bond acceptors (Lipinski definition) is 2. The van der Waals surface area contributed by atoms with E-state index in [4.69, 9.17) is 0 Å². The highest BCUT2D eigenvalue weighted by molar-refractivity contribution is 5.92. The Bertz CT molecular complexity index is 682. The van der Waals surface area contributed by atoms with Gasteiger partial charge in [0.25, 0.3) is 0 Å². The molecule has 4 heteroatoms. The van der Waals surface area contributed by atoms with Gasteiger partial charge >= 0.3 is 0 Å². The van der Waals surface area contributed by atoms with Gasteiger partial charge in [-0.1, -0.05) is 25.1 Å². The molecule has 1 amide bonds. The molecule has 1 aromatic carbocycles. The van der Waals surface area contributed by atoms with E-state index in [1.807, 2.05) is 38.2 Å². The number of fused-ring (bicyclic) bond motifs is 1. The Morgan fingerprint density at radius 1 is 1.36 bits per heavy atom. The summed E-state index contributed by atoms with van der Waals surface area (Å²) in [4.78, 5) is 12.3. The molecule has 1 aliphatic carbocycles. The van der Waals surface area contributed by atoms with Crippen LogP contribution in [0.4, 0.5) is 5.69 Å². The van der Waals surface area contributed by atoms with Crippen LogP contribution in [0, 0.1) is 19.8 Å². The van der Waals surface area contributed by atoms with Crippen LogP contribution in [-0.2, 0) is 24.2 Å². The molecule has 4 nitrogen and oxygen atoms in total. The van der Waals surface area contributed by atoms with Crippen molar-refractivity contribution >= 4 is 11.6 Å². The van der Waals surface area contributed by atoms with Gasteiger partial charge in [-0.15, -0.1) is 0 Å². The first-order valence-corrected chi connectivity index (χ1v) is 7.94. The SMILES string of the molecule is Cc1cccc(C)c1NC(=O)Cn1cc2c(n1)CCC(C)C2. The summed E-state index contributed by atoms with van der Waals surface area (Å²) in [6, 6.07) is 6.02. The number of carbonyl (C=O) groups excluding carboxylic acids is 1. The van der Waals surface area contributed by atoms with Gasteiger partial charge in [0.05, 0.1) is 5.69 Å². The van der Waals surface area contributed by atoms with Crippen molar-refractivity contribution in [1.82, 2.24) is 9.78 Å². The number of amides is 1. The van der Waals surface area contributed by atoms with E-state index in [0.29, 0.717) is 5.92 Å². The molecule has 0 radical (unpaired) electrons. The number of para-hydroxylation sites is 1. The molecule has 0 saturated heterocycles. The number of benzene rings is 1. The fourth-order valence-corrected chi connectivity index (χ4v) is 3.16. The number of carbonyl (C=O) groups is 1. The fraction of sp³-hybridized carbons (Fsp3) is 0.444. The zero-order valence-corrected chi connectivity index (χ0v) is 13.5. The van der Waals surface area contributed by atoms with Crippen LogP contribution in [-0.4, -0.2) is 15.7 Å². The fourth-order valence-electron chi connectivity index (χ4n) is 3.16. The van der Waals surface area contributed by atoms with E-state index in [9.17, 15) is 4.79 Å². The first kappa shape index (κ1) is 14.8. The Kier molecular flexibility index (Phi) is 4.01. The number of anilines is 1. The third-order valence-electron chi connectivity index (χ3n) is 4.42. The van der Waals surface area contributed by atoms with Crippen LogP contribution in [0.15, 0.2) is 24.4 Å². The number of nitrogens with zero attached hydrogens (tertiary/aromatic N) is 2. The minimum absolute atomic E-state index is 0.0229. The number of aryl methyl sites for hydroxylation is 3. The molecule has 22 heavy (non-hydrogen) atoms. The summed E-state index contributed by atoms with van der Waals surface area (Å²) in [6.07, 6.45) is 5.34. The quantitative estimate of drug-likeness (QED) is 0.945. The molecule has 1 aliphatic rings. The van der Waals surface area contributed by atoms with Gasteiger partial charge in [0, 0.05) is 11.9 Å². The maximum atomic E-state index is 12.3. The summed E-state index contributed by atoms with van der Waals surface area (Å²) >= 11 is 0. The zero-order chi connectivity index (χ0) is 15.7. The van der Waals surface area contributed by atoms with Crippen molar-refractivity contribution in [3.8, 4) is 0 Å². The van der Waals surface area contributed by atoms with Gasteiger partial charge in [-0.3, -0.25) is 9.48 Å². The predicted octanol–water partition coefficient (Wildman–Crippen LogP) is 3.26. The van der Waals surface area contributed by atoms with E-state index in [2.05, 4.69) is 17.3 Å². The van der Waals surface area contributed by atoms with E-state index in [1.54, 1.807) is 4.68 Å². The molecule has 0 spiro atoms. The van der Waals surface area contributed by atoms with Crippen molar-refractivity contribution in [3.05, 3.63) is 46.8 Å². The summed E-state index contributed by atoms with van der Waals surface area (Å²) in [5.41, 5.74) is 5.55. The molecule has 1 unspecified atom stereocenters. The topological polar surface area (TPSA) is 46.9 Å². The lowest BCUT2D eigenvalue weighted by atomic mass is 9.89. The maximum absolute atomic E-state index is 12.3. The van der Waals surface area contributed by atoms with Crippen LogP contribution >= 0.6 is 0 Å². The Balaban J connectivity index is 1.70. The number of nitrogens with one attached hydrogen (secondary N) is 1. The summed E-state index contributed by atoms with van der Waals surface area (Å²) in [6.45, 7) is 6.57. The van der Waals surface area contributed by atoms with Crippen LogP contribution in [0.25, 0.3) is 0 Å². The summed E-state index contributed by atoms with van der Waals surface area (Å²) in [7, 11) is 0. The molecule has 1 atom stereocenters. The van der Waals surface area contributed by atoms with Crippen LogP contribution in [0.1, 0.15) is 35.7 Å². The number of hydrogen-bond donors (Lipinski definition) is 1. The summed E-state index contributed by atoms with van der Waals surface area (Å²) in [5.74, 6) is 0.693. The van der Waals surface area contributed by atoms with E-state index < -0.39 is 0 Å². The monoisotopic (exact) mass is 297 g/mol. The van der Waals surface area contributed by atoms with Crippen molar-refractivity contribution in [1.29, 1.82) is 0 Å². The third-order valence-corrected chi connectivity index (χ3v) is 4.42. The molecule has 2 aromatic rings. The first-order valence-electron chi connectivity index (χ1n) is 7.94. The first-order chi connectivity index (χ1) is 10.5. The van der Waals surface area contributed by atoms with Gasteiger partial charge in [-0.05, 0) is 55.7 Å². The van der Waals surface area contributed by atoms with E-state index in [-0.39, 0.29) is 12.5 Å². The van der Waals surface area contributed by atoms with Crippen LogP contribution in [0.5, 0.6) is 0 Å². The Morgan fingerprint density at radius 3 is 2.82 bits per heavy atom. The van der Waals surface area contributed by atoms with Gasteiger partial charge in [0.15, 0.2) is 0 Å². The van der Waals surface area contributed by atoms with Crippen molar-refractivity contribution < 1.29 is 4.79 Å². The minimum atomic E-state index is -0.0229. The highest BCUT2D eigenvalue weighted by Crippen LogP contribution is 2.24. The van der Waals surface area contributed by atoms with Gasteiger partial charge < -0.3 is 5.32 Å². The van der Waals surface area contributed by atoms with Crippen LogP contribution in [0.3, 0.4) is 0 Å². The molecular formula is C18H23N3O. The lowest BCUT2D eigenvalue weighted by Gasteiger charge is -2.15. The standard InChI is InChI=1S/C18H23N3O/c1-12-7-8-16-15(9-12)10-21(20-16)11-17(22)19-18-13(2)5-4-6-14(18)3/h4-6,10,12H,7-9,11H2,1-3H3,(H,19,22). The second-order valence-corrected chi connectivity index (χ2v) is 6.46. The lowest BCUT2D eigenvalue weighted by molar-refractivity contribution is -0.116. The molecule has 116 valence electrons. The molecule has 3 rings (SSSR count). The van der Waals surface area contributed by atoms with Crippen molar-refractivity contribution in [2.75, 3.05) is 5.32 Å². The molecule has 0 fully saturated rings. The smallest absolute Gasteiger partial charge is 0.246 e. The minimum Gasteiger partial charge on any atom is -0.324 e.